The summed E-state index contributed by atoms with van der Waals surface area (Å²) in [5.74, 6) is 0. The molecule has 3 aromatic rings. The molecule has 158 valence electrons. The number of benzene rings is 3. The summed E-state index contributed by atoms with van der Waals surface area (Å²) in [6, 6.07) is 25.2. The molecule has 0 aliphatic rings. The van der Waals surface area contributed by atoms with Crippen LogP contribution in [0, 0.1) is 20.8 Å². The molecule has 3 rings (SSSR count). The van der Waals surface area contributed by atoms with Crippen LogP contribution in [-0.2, 0) is 0 Å². The summed E-state index contributed by atoms with van der Waals surface area (Å²) in [4.78, 5) is 0. The number of rotatable bonds is 6. The zero-order valence-electron chi connectivity index (χ0n) is 17.3. The minimum absolute atomic E-state index is 0.915. The van der Waals surface area contributed by atoms with Gasteiger partial charge in [0.2, 0.25) is 0 Å². The molecule has 31 heavy (non-hydrogen) atoms. The zero-order valence-corrected chi connectivity index (χ0v) is 24.1. The molecular weight excluding hydrogens is 556 g/mol. The van der Waals surface area contributed by atoms with Crippen LogP contribution in [0.1, 0.15) is 33.4 Å². The van der Waals surface area contributed by atoms with Crippen molar-refractivity contribution in [1.29, 1.82) is 0 Å². The van der Waals surface area contributed by atoms with Crippen molar-refractivity contribution < 1.29 is 0 Å². The molecule has 0 unspecified atom stereocenters. The Bertz CT molecular complexity index is 931. The second-order valence-electron chi connectivity index (χ2n) is 6.96. The van der Waals surface area contributed by atoms with Crippen molar-refractivity contribution >= 4 is 90.5 Å². The number of hydrogen-bond acceptors (Lipinski definition) is 6. The van der Waals surface area contributed by atoms with Crippen molar-refractivity contribution in [3.8, 4) is 0 Å². The summed E-state index contributed by atoms with van der Waals surface area (Å²) in [7, 11) is 5.35. The molecule has 0 amide bonds. The summed E-state index contributed by atoms with van der Waals surface area (Å²) in [6.45, 7) is 6.26. The Balaban J connectivity index is 1.78. The standard InChI is InChI=1S/C24H21AsS6/c1-16-4-10-19(11-5-16)22(26)29-25(30-23(27)20-12-6-17(2)7-13-20)31-24(28)21-14-8-18(3)9-15-21/h4-15H,1-3H3. The Morgan fingerprint density at radius 2 is 0.710 bits per heavy atom. The zero-order chi connectivity index (χ0) is 22.4. The Kier molecular flexibility index (Phi) is 9.85. The molecule has 0 fully saturated rings. The third-order valence-electron chi connectivity index (χ3n) is 4.33. The molecule has 0 aliphatic carbocycles. The molecule has 0 nitrogen and oxygen atoms in total. The van der Waals surface area contributed by atoms with Crippen LogP contribution in [0.2, 0.25) is 0 Å². The van der Waals surface area contributed by atoms with E-state index in [2.05, 4.69) is 93.6 Å². The minimum atomic E-state index is -1.71. The van der Waals surface area contributed by atoms with Gasteiger partial charge in [-0.05, 0) is 0 Å². The van der Waals surface area contributed by atoms with Crippen molar-refractivity contribution in [1.82, 2.24) is 0 Å². The first kappa shape index (κ1) is 25.2. The van der Waals surface area contributed by atoms with Crippen molar-refractivity contribution in [2.24, 2.45) is 0 Å². The van der Waals surface area contributed by atoms with E-state index in [1.165, 1.54) is 16.7 Å². The predicted molar refractivity (Wildman–Crippen MR) is 157 cm³/mol. The van der Waals surface area contributed by atoms with Crippen molar-refractivity contribution in [2.45, 2.75) is 20.8 Å². The summed E-state index contributed by atoms with van der Waals surface area (Å²) in [5, 5.41) is 0. The number of aryl methyl sites for hydroxylation is 3. The summed E-state index contributed by atoms with van der Waals surface area (Å²) >= 11 is 15.7. The number of hydrogen-bond donors (Lipinski definition) is 0. The van der Waals surface area contributed by atoms with Gasteiger partial charge in [-0.1, -0.05) is 0 Å². The summed E-state index contributed by atoms with van der Waals surface area (Å²) < 4.78 is 2.75. The SMILES string of the molecule is Cc1ccc(C(=S)S[As](SC(=S)c2ccc(C)cc2)SC(=S)c2ccc(C)cc2)cc1. The molecule has 0 heterocycles. The van der Waals surface area contributed by atoms with E-state index < -0.39 is 11.2 Å². The van der Waals surface area contributed by atoms with E-state index in [1.54, 1.807) is 30.1 Å². The van der Waals surface area contributed by atoms with Crippen LogP contribution in [0.5, 0.6) is 0 Å². The molecule has 0 atom stereocenters. The van der Waals surface area contributed by atoms with Gasteiger partial charge in [-0.2, -0.15) is 0 Å². The van der Waals surface area contributed by atoms with E-state index in [0.29, 0.717) is 0 Å². The van der Waals surface area contributed by atoms with Crippen molar-refractivity contribution in [3.63, 3.8) is 0 Å². The normalized spacial score (nSPS) is 10.8. The van der Waals surface area contributed by atoms with Crippen LogP contribution in [-0.4, -0.2) is 23.8 Å². The second kappa shape index (κ2) is 12.1. The van der Waals surface area contributed by atoms with Gasteiger partial charge in [0.1, 0.15) is 0 Å². The molecule has 0 radical (unpaired) electrons. The van der Waals surface area contributed by atoms with Crippen molar-refractivity contribution in [2.75, 3.05) is 0 Å². The average molecular weight is 577 g/mol. The Morgan fingerprint density at radius 3 is 0.935 bits per heavy atom. The molecule has 0 N–H and O–H groups in total. The van der Waals surface area contributed by atoms with Crippen LogP contribution in [0.15, 0.2) is 72.8 Å². The summed E-state index contributed by atoms with van der Waals surface area (Å²) in [6.07, 6.45) is 0. The first-order valence-electron chi connectivity index (χ1n) is 9.49. The Hall–Kier alpha value is -0.462. The molecular formula is C24H21AsS6. The quantitative estimate of drug-likeness (QED) is 0.213. The van der Waals surface area contributed by atoms with E-state index >= 15 is 0 Å². The fourth-order valence-corrected chi connectivity index (χ4v) is 26.0. The molecule has 0 aromatic heterocycles. The van der Waals surface area contributed by atoms with Gasteiger partial charge in [0.05, 0.1) is 0 Å². The monoisotopic (exact) mass is 576 g/mol. The second-order valence-corrected chi connectivity index (χ2v) is 24.4. The van der Waals surface area contributed by atoms with E-state index in [1.807, 2.05) is 0 Å². The van der Waals surface area contributed by atoms with Gasteiger partial charge in [-0.25, -0.2) is 0 Å². The van der Waals surface area contributed by atoms with Crippen LogP contribution in [0.4, 0.5) is 0 Å². The van der Waals surface area contributed by atoms with E-state index in [-0.39, 0.29) is 0 Å². The van der Waals surface area contributed by atoms with Gasteiger partial charge in [-0.15, -0.1) is 0 Å². The maximum atomic E-state index is 5.80. The molecule has 7 heteroatoms. The Morgan fingerprint density at radius 1 is 0.484 bits per heavy atom. The van der Waals surface area contributed by atoms with E-state index in [9.17, 15) is 0 Å². The summed E-state index contributed by atoms with van der Waals surface area (Å²) in [5.41, 5.74) is 6.97. The third-order valence-corrected chi connectivity index (χ3v) is 23.1. The average Bonchev–Trinajstić information content (AvgIpc) is 2.75. The van der Waals surface area contributed by atoms with Gasteiger partial charge in [0, 0.05) is 0 Å². The topological polar surface area (TPSA) is 0 Å². The molecule has 0 saturated heterocycles. The van der Waals surface area contributed by atoms with Gasteiger partial charge in [0.25, 0.3) is 0 Å². The predicted octanol–water partition coefficient (Wildman–Crippen LogP) is 8.22. The molecule has 0 bridgehead atoms. The van der Waals surface area contributed by atoms with E-state index in [4.69, 9.17) is 36.7 Å². The Labute approximate surface area is 215 Å². The molecule has 0 spiro atoms. The molecule has 0 saturated carbocycles. The first-order valence-corrected chi connectivity index (χ1v) is 19.9. The fraction of sp³-hybridized carbons (Fsp3) is 0.125. The van der Waals surface area contributed by atoms with Crippen LogP contribution >= 0.6 is 66.7 Å². The van der Waals surface area contributed by atoms with E-state index in [0.717, 1.165) is 29.3 Å². The maximum absolute atomic E-state index is 5.80. The van der Waals surface area contributed by atoms with Crippen LogP contribution in [0.3, 0.4) is 0 Å². The van der Waals surface area contributed by atoms with Crippen LogP contribution in [0.25, 0.3) is 0 Å². The third kappa shape index (κ3) is 7.82. The molecule has 0 aliphatic heterocycles. The van der Waals surface area contributed by atoms with Gasteiger partial charge in [-0.3, -0.25) is 0 Å². The number of thiocarbonyl (C=S) groups is 3. The van der Waals surface area contributed by atoms with Crippen LogP contribution < -0.4 is 0 Å². The fourth-order valence-electron chi connectivity index (χ4n) is 2.49. The molecule has 3 aromatic carbocycles. The van der Waals surface area contributed by atoms with Gasteiger partial charge in [0.15, 0.2) is 0 Å². The van der Waals surface area contributed by atoms with Gasteiger partial charge < -0.3 is 0 Å². The van der Waals surface area contributed by atoms with Crippen molar-refractivity contribution in [3.05, 3.63) is 106 Å². The first-order chi connectivity index (χ1) is 14.8. The van der Waals surface area contributed by atoms with Gasteiger partial charge >= 0.3 is 217 Å².